The second-order valence-corrected chi connectivity index (χ2v) is 8.36. The van der Waals surface area contributed by atoms with E-state index in [4.69, 9.17) is 11.6 Å². The van der Waals surface area contributed by atoms with Crippen LogP contribution in [0.25, 0.3) is 0 Å². The van der Waals surface area contributed by atoms with Crippen LogP contribution in [0.2, 0.25) is 5.02 Å². The highest BCUT2D eigenvalue weighted by Gasteiger charge is 2.22. The summed E-state index contributed by atoms with van der Waals surface area (Å²) in [6.45, 7) is 2.41. The smallest absolute Gasteiger partial charge is 0.251 e. The fraction of sp³-hybridized carbons (Fsp3) is 0.474. The summed E-state index contributed by atoms with van der Waals surface area (Å²) < 4.78 is 0. The number of aromatic amines is 1. The molecule has 1 aliphatic carbocycles. The Balaban J connectivity index is 1.41. The maximum absolute atomic E-state index is 12.2. The van der Waals surface area contributed by atoms with E-state index >= 15 is 0 Å². The summed E-state index contributed by atoms with van der Waals surface area (Å²) in [6.07, 6.45) is 4.64. The van der Waals surface area contributed by atoms with E-state index in [2.05, 4.69) is 32.7 Å². The first-order valence-corrected chi connectivity index (χ1v) is 10.7. The molecule has 28 heavy (non-hydrogen) atoms. The molecule has 7 nitrogen and oxygen atoms in total. The lowest BCUT2D eigenvalue weighted by molar-refractivity contribution is -0.119. The number of carbonyl (C=O) groups is 2. The molecule has 2 unspecified atom stereocenters. The van der Waals surface area contributed by atoms with E-state index in [1.807, 2.05) is 0 Å². The van der Waals surface area contributed by atoms with Crippen molar-refractivity contribution in [2.24, 2.45) is 5.92 Å². The number of amides is 2. The monoisotopic (exact) mass is 421 g/mol. The summed E-state index contributed by atoms with van der Waals surface area (Å²) in [4.78, 5) is 28.6. The first-order chi connectivity index (χ1) is 13.5. The van der Waals surface area contributed by atoms with Crippen molar-refractivity contribution in [2.75, 3.05) is 5.75 Å². The van der Waals surface area contributed by atoms with Gasteiger partial charge in [-0.15, -0.1) is 5.10 Å². The van der Waals surface area contributed by atoms with Crippen molar-refractivity contribution in [2.45, 2.75) is 50.4 Å². The van der Waals surface area contributed by atoms with Crippen LogP contribution in [0.1, 0.15) is 48.8 Å². The van der Waals surface area contributed by atoms with E-state index < -0.39 is 0 Å². The Labute approximate surface area is 173 Å². The Kier molecular flexibility index (Phi) is 7.33. The fourth-order valence-corrected chi connectivity index (χ4v) is 3.95. The van der Waals surface area contributed by atoms with Gasteiger partial charge in [0.25, 0.3) is 5.91 Å². The topological polar surface area (TPSA) is 99.8 Å². The van der Waals surface area contributed by atoms with E-state index in [-0.39, 0.29) is 30.2 Å². The molecule has 1 fully saturated rings. The van der Waals surface area contributed by atoms with Crippen molar-refractivity contribution in [3.63, 3.8) is 0 Å². The Bertz CT molecular complexity index is 811. The number of benzene rings is 1. The quantitative estimate of drug-likeness (QED) is 0.596. The summed E-state index contributed by atoms with van der Waals surface area (Å²) in [7, 11) is 0. The number of carbonyl (C=O) groups excluding carboxylic acids is 2. The summed E-state index contributed by atoms with van der Waals surface area (Å²) in [6, 6.07) is 6.92. The maximum Gasteiger partial charge on any atom is 0.251 e. The molecule has 1 aromatic carbocycles. The highest BCUT2D eigenvalue weighted by Crippen LogP contribution is 2.24. The molecule has 1 aliphatic rings. The average molecular weight is 422 g/mol. The largest absolute Gasteiger partial charge is 0.352 e. The number of H-pyrrole nitrogens is 1. The fourth-order valence-electron chi connectivity index (χ4n) is 3.20. The van der Waals surface area contributed by atoms with Crippen molar-refractivity contribution in [1.82, 2.24) is 25.8 Å². The molecule has 3 N–H and O–H groups in total. The number of thioether (sulfide) groups is 1. The van der Waals surface area contributed by atoms with Crippen molar-refractivity contribution in [3.05, 3.63) is 40.7 Å². The Hall–Kier alpha value is -2.06. The van der Waals surface area contributed by atoms with Crippen molar-refractivity contribution in [3.8, 4) is 0 Å². The molecule has 2 amide bonds. The van der Waals surface area contributed by atoms with Gasteiger partial charge >= 0.3 is 0 Å². The molecule has 1 aromatic heterocycles. The SMILES string of the molecule is CC1CCCCC1NC(=O)CSc1n[nH]c(CNC(=O)c2ccc(Cl)cc2)n1. The Morgan fingerprint density at radius 2 is 2.00 bits per heavy atom. The lowest BCUT2D eigenvalue weighted by Crippen LogP contribution is -2.41. The molecule has 1 heterocycles. The summed E-state index contributed by atoms with van der Waals surface area (Å²) in [5, 5.41) is 13.8. The summed E-state index contributed by atoms with van der Waals surface area (Å²) in [5.41, 5.74) is 0.520. The van der Waals surface area contributed by atoms with Gasteiger partial charge in [-0.05, 0) is 43.0 Å². The van der Waals surface area contributed by atoms with Crippen LogP contribution < -0.4 is 10.6 Å². The van der Waals surface area contributed by atoms with Crippen molar-refractivity contribution < 1.29 is 9.59 Å². The van der Waals surface area contributed by atoms with E-state index in [0.717, 1.165) is 6.42 Å². The summed E-state index contributed by atoms with van der Waals surface area (Å²) >= 11 is 7.10. The first kappa shape index (κ1) is 20.7. The van der Waals surface area contributed by atoms with E-state index in [1.165, 1.54) is 31.0 Å². The second kappa shape index (κ2) is 9.93. The third-order valence-corrected chi connectivity index (χ3v) is 5.92. The highest BCUT2D eigenvalue weighted by molar-refractivity contribution is 7.99. The zero-order valence-electron chi connectivity index (χ0n) is 15.7. The number of nitrogens with one attached hydrogen (secondary N) is 3. The van der Waals surface area contributed by atoms with Gasteiger partial charge in [-0.2, -0.15) is 0 Å². The van der Waals surface area contributed by atoms with Gasteiger partial charge in [0.1, 0.15) is 5.82 Å². The molecule has 150 valence electrons. The van der Waals surface area contributed by atoms with Gasteiger partial charge in [-0.3, -0.25) is 14.7 Å². The molecule has 3 rings (SSSR count). The zero-order valence-corrected chi connectivity index (χ0v) is 17.3. The molecule has 0 saturated heterocycles. The number of hydrogen-bond acceptors (Lipinski definition) is 5. The van der Waals surface area contributed by atoms with Crippen LogP contribution in [0.5, 0.6) is 0 Å². The number of nitrogens with zero attached hydrogens (tertiary/aromatic N) is 2. The van der Waals surface area contributed by atoms with Gasteiger partial charge in [0.15, 0.2) is 0 Å². The van der Waals surface area contributed by atoms with Crippen LogP contribution in [-0.4, -0.2) is 38.8 Å². The van der Waals surface area contributed by atoms with Gasteiger partial charge in [0, 0.05) is 16.6 Å². The van der Waals surface area contributed by atoms with E-state index in [0.29, 0.717) is 27.5 Å². The van der Waals surface area contributed by atoms with Gasteiger partial charge < -0.3 is 10.6 Å². The number of rotatable bonds is 7. The van der Waals surface area contributed by atoms with Crippen LogP contribution in [0.15, 0.2) is 29.4 Å². The van der Waals surface area contributed by atoms with E-state index in [1.54, 1.807) is 24.3 Å². The molecule has 1 saturated carbocycles. The van der Waals surface area contributed by atoms with Gasteiger partial charge in [-0.25, -0.2) is 4.98 Å². The lowest BCUT2D eigenvalue weighted by atomic mass is 9.86. The molecule has 0 spiro atoms. The highest BCUT2D eigenvalue weighted by atomic mass is 35.5. The molecule has 2 atom stereocenters. The third kappa shape index (κ3) is 5.97. The molecular formula is C19H24ClN5O2S. The van der Waals surface area contributed by atoms with Crippen molar-refractivity contribution >= 4 is 35.2 Å². The van der Waals surface area contributed by atoms with Gasteiger partial charge in [0.05, 0.1) is 12.3 Å². The molecule has 0 aliphatic heterocycles. The van der Waals surface area contributed by atoms with Gasteiger partial charge in [0.2, 0.25) is 11.1 Å². The van der Waals surface area contributed by atoms with Crippen molar-refractivity contribution in [1.29, 1.82) is 0 Å². The number of halogens is 1. The van der Waals surface area contributed by atoms with Crippen LogP contribution in [0.4, 0.5) is 0 Å². The van der Waals surface area contributed by atoms with Crippen LogP contribution in [-0.2, 0) is 11.3 Å². The molecule has 9 heteroatoms. The van der Waals surface area contributed by atoms with Gasteiger partial charge in [-0.1, -0.05) is 43.1 Å². The second-order valence-electron chi connectivity index (χ2n) is 6.98. The van der Waals surface area contributed by atoms with Crippen LogP contribution >= 0.6 is 23.4 Å². The predicted octanol–water partition coefficient (Wildman–Crippen LogP) is 3.18. The predicted molar refractivity (Wildman–Crippen MR) is 109 cm³/mol. The average Bonchev–Trinajstić information content (AvgIpc) is 3.15. The Morgan fingerprint density at radius 1 is 1.25 bits per heavy atom. The molecule has 2 aromatic rings. The van der Waals surface area contributed by atoms with E-state index in [9.17, 15) is 9.59 Å². The summed E-state index contributed by atoms with van der Waals surface area (Å²) in [5.74, 6) is 1.13. The lowest BCUT2D eigenvalue weighted by Gasteiger charge is -2.29. The molecular weight excluding hydrogens is 398 g/mol. The minimum Gasteiger partial charge on any atom is -0.352 e. The Morgan fingerprint density at radius 3 is 2.75 bits per heavy atom. The first-order valence-electron chi connectivity index (χ1n) is 9.38. The molecule has 0 radical (unpaired) electrons. The standard InChI is InChI=1S/C19H24ClN5O2S/c1-12-4-2-3-5-15(12)22-17(26)11-28-19-23-16(24-25-19)10-21-18(27)13-6-8-14(20)9-7-13/h6-9,12,15H,2-5,10-11H2,1H3,(H,21,27)(H,22,26)(H,23,24,25). The zero-order chi connectivity index (χ0) is 19.9. The molecule has 0 bridgehead atoms. The minimum absolute atomic E-state index is 0.00569. The van der Waals surface area contributed by atoms with Crippen LogP contribution in [0.3, 0.4) is 0 Å². The number of aromatic nitrogens is 3. The van der Waals surface area contributed by atoms with Crippen LogP contribution in [0, 0.1) is 5.92 Å². The normalized spacial score (nSPS) is 19.2. The number of hydrogen-bond donors (Lipinski definition) is 3. The minimum atomic E-state index is -0.219. The maximum atomic E-state index is 12.2. The third-order valence-electron chi connectivity index (χ3n) is 4.82.